The van der Waals surface area contributed by atoms with E-state index in [-0.39, 0.29) is 6.54 Å². The number of hydrogen-bond donors (Lipinski definition) is 0. The SMILES string of the molecule is C=CC[N]C(=O)Oc1ccccc1. The monoisotopic (exact) mass is 176 g/mol. The summed E-state index contributed by atoms with van der Waals surface area (Å²) < 4.78 is 4.86. The zero-order valence-corrected chi connectivity index (χ0v) is 7.14. The second-order valence-electron chi connectivity index (χ2n) is 2.31. The van der Waals surface area contributed by atoms with Crippen LogP contribution in [0.2, 0.25) is 0 Å². The van der Waals surface area contributed by atoms with Gasteiger partial charge in [0.25, 0.3) is 0 Å². The Morgan fingerprint density at radius 1 is 1.46 bits per heavy atom. The molecule has 0 unspecified atom stereocenters. The molecule has 0 saturated heterocycles. The van der Waals surface area contributed by atoms with Gasteiger partial charge in [-0.3, -0.25) is 0 Å². The standard InChI is InChI=1S/C10H10NO2/c1-2-8-11-10(12)13-9-6-4-3-5-7-9/h2-7H,1,8H2. The van der Waals surface area contributed by atoms with E-state index in [0.717, 1.165) is 0 Å². The smallest absolute Gasteiger partial charge is 0.409 e. The molecule has 0 saturated carbocycles. The van der Waals surface area contributed by atoms with E-state index in [2.05, 4.69) is 11.9 Å². The lowest BCUT2D eigenvalue weighted by molar-refractivity contribution is 0.201. The van der Waals surface area contributed by atoms with E-state index in [9.17, 15) is 4.79 Å². The molecular weight excluding hydrogens is 166 g/mol. The van der Waals surface area contributed by atoms with Crippen LogP contribution in [0.1, 0.15) is 0 Å². The van der Waals surface area contributed by atoms with E-state index in [1.807, 2.05) is 6.07 Å². The first-order valence-electron chi connectivity index (χ1n) is 3.88. The van der Waals surface area contributed by atoms with E-state index in [0.29, 0.717) is 5.75 Å². The van der Waals surface area contributed by atoms with Crippen molar-refractivity contribution < 1.29 is 9.53 Å². The molecule has 0 fully saturated rings. The number of hydrogen-bond acceptors (Lipinski definition) is 2. The van der Waals surface area contributed by atoms with Gasteiger partial charge >= 0.3 is 6.09 Å². The predicted molar refractivity (Wildman–Crippen MR) is 49.7 cm³/mol. The molecule has 1 aromatic rings. The minimum absolute atomic E-state index is 0.283. The summed E-state index contributed by atoms with van der Waals surface area (Å²) in [4.78, 5) is 10.9. The fourth-order valence-corrected chi connectivity index (χ4v) is 0.761. The number of benzene rings is 1. The highest BCUT2D eigenvalue weighted by atomic mass is 16.5. The number of carbonyl (C=O) groups excluding carboxylic acids is 1. The highest BCUT2D eigenvalue weighted by Gasteiger charge is 2.02. The molecule has 0 aliphatic heterocycles. The Hall–Kier alpha value is -1.77. The minimum atomic E-state index is -0.592. The van der Waals surface area contributed by atoms with Crippen molar-refractivity contribution in [1.82, 2.24) is 5.32 Å². The maximum absolute atomic E-state index is 10.9. The Labute approximate surface area is 77.0 Å². The Balaban J connectivity index is 2.41. The number of ether oxygens (including phenoxy) is 1. The maximum Gasteiger partial charge on any atom is 0.434 e. The molecule has 0 spiro atoms. The van der Waals surface area contributed by atoms with Crippen LogP contribution in [0.4, 0.5) is 4.79 Å². The van der Waals surface area contributed by atoms with E-state index < -0.39 is 6.09 Å². The van der Waals surface area contributed by atoms with Gasteiger partial charge in [-0.1, -0.05) is 24.3 Å². The van der Waals surface area contributed by atoms with Crippen LogP contribution in [0.3, 0.4) is 0 Å². The van der Waals surface area contributed by atoms with Gasteiger partial charge in [-0.05, 0) is 12.1 Å². The third-order valence-corrected chi connectivity index (χ3v) is 1.30. The van der Waals surface area contributed by atoms with Crippen molar-refractivity contribution in [3.63, 3.8) is 0 Å². The van der Waals surface area contributed by atoms with Gasteiger partial charge in [-0.25, -0.2) is 10.1 Å². The lowest BCUT2D eigenvalue weighted by Crippen LogP contribution is -2.19. The van der Waals surface area contributed by atoms with Crippen molar-refractivity contribution in [3.8, 4) is 5.75 Å². The fraction of sp³-hybridized carbons (Fsp3) is 0.100. The van der Waals surface area contributed by atoms with Crippen molar-refractivity contribution in [2.75, 3.05) is 6.54 Å². The summed E-state index contributed by atoms with van der Waals surface area (Å²) in [7, 11) is 0. The highest BCUT2D eigenvalue weighted by molar-refractivity contribution is 5.70. The summed E-state index contributed by atoms with van der Waals surface area (Å²) in [6, 6.07) is 8.81. The molecule has 0 N–H and O–H groups in total. The van der Waals surface area contributed by atoms with Crippen LogP contribution in [0.25, 0.3) is 0 Å². The van der Waals surface area contributed by atoms with Crippen LogP contribution >= 0.6 is 0 Å². The van der Waals surface area contributed by atoms with E-state index >= 15 is 0 Å². The molecule has 3 heteroatoms. The zero-order chi connectivity index (χ0) is 9.52. The van der Waals surface area contributed by atoms with Gasteiger partial charge in [0.15, 0.2) is 0 Å². The molecule has 0 aromatic heterocycles. The average Bonchev–Trinajstić information content (AvgIpc) is 2.16. The average molecular weight is 176 g/mol. The van der Waals surface area contributed by atoms with E-state index in [4.69, 9.17) is 4.74 Å². The Kier molecular flexibility index (Phi) is 3.57. The molecule has 67 valence electrons. The van der Waals surface area contributed by atoms with Crippen molar-refractivity contribution >= 4 is 6.09 Å². The number of rotatable bonds is 3. The molecule has 3 nitrogen and oxygen atoms in total. The second-order valence-corrected chi connectivity index (χ2v) is 2.31. The van der Waals surface area contributed by atoms with Crippen molar-refractivity contribution in [3.05, 3.63) is 43.0 Å². The maximum atomic E-state index is 10.9. The Bertz CT molecular complexity index is 282. The van der Waals surface area contributed by atoms with Gasteiger partial charge in [0.2, 0.25) is 0 Å². The first-order chi connectivity index (χ1) is 6.33. The van der Waals surface area contributed by atoms with Crippen LogP contribution in [-0.2, 0) is 0 Å². The molecule has 0 heterocycles. The van der Waals surface area contributed by atoms with Crippen molar-refractivity contribution in [2.24, 2.45) is 0 Å². The quantitative estimate of drug-likeness (QED) is 0.660. The van der Waals surface area contributed by atoms with Gasteiger partial charge < -0.3 is 4.74 Å². The van der Waals surface area contributed by atoms with Gasteiger partial charge in [0.05, 0.1) is 6.54 Å². The molecule has 1 aromatic carbocycles. The topological polar surface area (TPSA) is 40.4 Å². The Morgan fingerprint density at radius 2 is 2.15 bits per heavy atom. The lowest BCUT2D eigenvalue weighted by atomic mass is 10.3. The summed E-state index contributed by atoms with van der Waals surface area (Å²) in [5.41, 5.74) is 0. The van der Waals surface area contributed by atoms with E-state index in [1.54, 1.807) is 24.3 Å². The summed E-state index contributed by atoms with van der Waals surface area (Å²) in [5.74, 6) is 0.500. The first kappa shape index (κ1) is 9.32. The molecule has 13 heavy (non-hydrogen) atoms. The summed E-state index contributed by atoms with van der Waals surface area (Å²) in [6.07, 6.45) is 0.942. The van der Waals surface area contributed by atoms with Crippen molar-refractivity contribution in [1.29, 1.82) is 0 Å². The third-order valence-electron chi connectivity index (χ3n) is 1.30. The van der Waals surface area contributed by atoms with Gasteiger partial charge in [-0.15, -0.1) is 6.58 Å². The van der Waals surface area contributed by atoms with Crippen LogP contribution in [0, 0.1) is 0 Å². The summed E-state index contributed by atoms with van der Waals surface area (Å²) >= 11 is 0. The van der Waals surface area contributed by atoms with E-state index in [1.165, 1.54) is 6.08 Å². The number of nitrogens with zero attached hydrogens (tertiary/aromatic N) is 1. The van der Waals surface area contributed by atoms with Gasteiger partial charge in [0.1, 0.15) is 5.75 Å². The van der Waals surface area contributed by atoms with Crippen molar-refractivity contribution in [2.45, 2.75) is 0 Å². The third kappa shape index (κ3) is 3.42. The lowest BCUT2D eigenvalue weighted by Gasteiger charge is -2.01. The molecule has 1 radical (unpaired) electrons. The molecule has 1 rings (SSSR count). The molecule has 0 aliphatic carbocycles. The van der Waals surface area contributed by atoms with Gasteiger partial charge in [-0.2, -0.15) is 0 Å². The molecule has 1 amide bonds. The predicted octanol–water partition coefficient (Wildman–Crippen LogP) is 1.98. The fourth-order valence-electron chi connectivity index (χ4n) is 0.761. The van der Waals surface area contributed by atoms with Crippen LogP contribution < -0.4 is 10.1 Å². The van der Waals surface area contributed by atoms with Gasteiger partial charge in [0, 0.05) is 0 Å². The van der Waals surface area contributed by atoms with Crippen LogP contribution in [0.15, 0.2) is 43.0 Å². The largest absolute Gasteiger partial charge is 0.434 e. The number of para-hydroxylation sites is 1. The molecule has 0 bridgehead atoms. The van der Waals surface area contributed by atoms with Crippen LogP contribution in [-0.4, -0.2) is 12.6 Å². The minimum Gasteiger partial charge on any atom is -0.409 e. The summed E-state index contributed by atoms with van der Waals surface area (Å²) in [5, 5.41) is 3.56. The summed E-state index contributed by atoms with van der Waals surface area (Å²) in [6.45, 7) is 3.72. The molecular formula is C10H10NO2. The first-order valence-corrected chi connectivity index (χ1v) is 3.88. The zero-order valence-electron chi connectivity index (χ0n) is 7.14. The Morgan fingerprint density at radius 3 is 2.77 bits per heavy atom. The second kappa shape index (κ2) is 4.98. The normalized spacial score (nSPS) is 8.92. The van der Waals surface area contributed by atoms with Crippen LogP contribution in [0.5, 0.6) is 5.75 Å². The highest BCUT2D eigenvalue weighted by Crippen LogP contribution is 2.07. The number of carbonyl (C=O) groups is 1. The molecule has 0 atom stereocenters. The molecule has 0 aliphatic rings. The number of amides is 1.